The van der Waals surface area contributed by atoms with E-state index in [1.54, 1.807) is 0 Å². The Hall–Kier alpha value is -0.300. The first-order valence-electron chi connectivity index (χ1n) is 3.57. The fourth-order valence-electron chi connectivity index (χ4n) is 1.52. The smallest absolute Gasteiger partial charge is 0.0577 e. The molecule has 2 atom stereocenters. The third-order valence-corrected chi connectivity index (χ3v) is 2.12. The van der Waals surface area contributed by atoms with Crippen LogP contribution in [0.5, 0.6) is 0 Å². The molecule has 1 aliphatic carbocycles. The van der Waals surface area contributed by atoms with E-state index in [0.29, 0.717) is 5.92 Å². The number of aliphatic hydroxyl groups excluding tert-OH is 1. The van der Waals surface area contributed by atoms with Crippen LogP contribution in [0.3, 0.4) is 0 Å². The molecule has 0 radical (unpaired) electrons. The number of rotatable bonds is 1. The first-order chi connectivity index (χ1) is 4.22. The zero-order valence-electron chi connectivity index (χ0n) is 5.93. The van der Waals surface area contributed by atoms with E-state index in [-0.39, 0.29) is 6.10 Å². The summed E-state index contributed by atoms with van der Waals surface area (Å²) in [7, 11) is 0. The fourth-order valence-corrected chi connectivity index (χ4v) is 1.52. The van der Waals surface area contributed by atoms with Crippen molar-refractivity contribution < 1.29 is 5.11 Å². The molecular weight excluding hydrogens is 112 g/mol. The molecule has 0 heterocycles. The highest BCUT2D eigenvalue weighted by atomic mass is 16.3. The van der Waals surface area contributed by atoms with E-state index >= 15 is 0 Å². The van der Waals surface area contributed by atoms with Crippen LogP contribution in [0.2, 0.25) is 0 Å². The van der Waals surface area contributed by atoms with E-state index in [0.717, 1.165) is 12.8 Å². The highest BCUT2D eigenvalue weighted by Crippen LogP contribution is 2.31. The van der Waals surface area contributed by atoms with Crippen molar-refractivity contribution in [3.63, 3.8) is 0 Å². The summed E-state index contributed by atoms with van der Waals surface area (Å²) in [6.45, 7) is 5.75. The Labute approximate surface area is 56.4 Å². The van der Waals surface area contributed by atoms with Gasteiger partial charge in [-0.2, -0.15) is 0 Å². The second-order valence-corrected chi connectivity index (χ2v) is 2.90. The van der Waals surface area contributed by atoms with E-state index in [9.17, 15) is 0 Å². The van der Waals surface area contributed by atoms with Crippen molar-refractivity contribution in [2.24, 2.45) is 5.92 Å². The molecular formula is C8H14O. The monoisotopic (exact) mass is 126 g/mol. The Bertz CT molecular complexity index is 116. The van der Waals surface area contributed by atoms with Gasteiger partial charge in [0.2, 0.25) is 0 Å². The number of hydrogen-bond acceptors (Lipinski definition) is 1. The molecule has 1 N–H and O–H groups in total. The van der Waals surface area contributed by atoms with E-state index in [4.69, 9.17) is 5.11 Å². The van der Waals surface area contributed by atoms with E-state index < -0.39 is 0 Å². The maximum atomic E-state index is 9.16. The highest BCUT2D eigenvalue weighted by molar-refractivity contribution is 5.07. The molecule has 9 heavy (non-hydrogen) atoms. The van der Waals surface area contributed by atoms with Crippen molar-refractivity contribution in [1.82, 2.24) is 0 Å². The molecule has 1 fully saturated rings. The first kappa shape index (κ1) is 6.81. The topological polar surface area (TPSA) is 20.2 Å². The normalized spacial score (nSPS) is 30.9. The molecule has 0 spiro atoms. The second-order valence-electron chi connectivity index (χ2n) is 2.90. The lowest BCUT2D eigenvalue weighted by Crippen LogP contribution is -2.13. The maximum absolute atomic E-state index is 9.16. The molecule has 1 rings (SSSR count). The molecule has 52 valence electrons. The van der Waals surface area contributed by atoms with Crippen molar-refractivity contribution in [3.05, 3.63) is 12.2 Å². The molecule has 1 heteroatoms. The van der Waals surface area contributed by atoms with Crippen LogP contribution in [-0.4, -0.2) is 11.2 Å². The largest absolute Gasteiger partial charge is 0.393 e. The summed E-state index contributed by atoms with van der Waals surface area (Å²) < 4.78 is 0. The Morgan fingerprint density at radius 2 is 2.44 bits per heavy atom. The van der Waals surface area contributed by atoms with Crippen molar-refractivity contribution in [3.8, 4) is 0 Å². The summed E-state index contributed by atoms with van der Waals surface area (Å²) in [5, 5.41) is 9.16. The van der Waals surface area contributed by atoms with Gasteiger partial charge in [-0.05, 0) is 26.2 Å². The van der Waals surface area contributed by atoms with Gasteiger partial charge in [-0.25, -0.2) is 0 Å². The minimum Gasteiger partial charge on any atom is -0.393 e. The highest BCUT2D eigenvalue weighted by Gasteiger charge is 2.22. The molecule has 0 amide bonds. The summed E-state index contributed by atoms with van der Waals surface area (Å²) in [6.07, 6.45) is 3.29. The molecule has 0 aromatic rings. The average molecular weight is 126 g/mol. The van der Waals surface area contributed by atoms with Crippen LogP contribution in [0.25, 0.3) is 0 Å². The van der Waals surface area contributed by atoms with Gasteiger partial charge in [0.1, 0.15) is 0 Å². The van der Waals surface area contributed by atoms with E-state index in [1.807, 2.05) is 6.92 Å². The molecule has 0 aromatic carbocycles. The summed E-state index contributed by atoms with van der Waals surface area (Å²) in [5.74, 6) is 0.394. The quantitative estimate of drug-likeness (QED) is 0.530. The maximum Gasteiger partial charge on any atom is 0.0577 e. The van der Waals surface area contributed by atoms with Gasteiger partial charge in [-0.1, -0.05) is 12.2 Å². The Kier molecular flexibility index (Phi) is 1.91. The van der Waals surface area contributed by atoms with Gasteiger partial charge in [0.15, 0.2) is 0 Å². The van der Waals surface area contributed by atoms with Crippen molar-refractivity contribution in [2.45, 2.75) is 32.3 Å². The summed E-state index contributed by atoms with van der Waals surface area (Å²) in [5.41, 5.74) is 1.24. The second kappa shape index (κ2) is 2.53. The van der Waals surface area contributed by atoms with Crippen molar-refractivity contribution in [2.75, 3.05) is 0 Å². The minimum absolute atomic E-state index is 0.181. The summed E-state index contributed by atoms with van der Waals surface area (Å²) in [6, 6.07) is 0. The Morgan fingerprint density at radius 1 is 1.78 bits per heavy atom. The van der Waals surface area contributed by atoms with E-state index in [1.165, 1.54) is 12.0 Å². The lowest BCUT2D eigenvalue weighted by Gasteiger charge is -2.13. The lowest BCUT2D eigenvalue weighted by molar-refractivity contribution is 0.146. The van der Waals surface area contributed by atoms with Crippen LogP contribution >= 0.6 is 0 Å². The molecule has 1 aliphatic rings. The molecule has 1 nitrogen and oxygen atoms in total. The van der Waals surface area contributed by atoms with E-state index in [2.05, 4.69) is 6.58 Å². The van der Waals surface area contributed by atoms with Gasteiger partial charge in [0, 0.05) is 5.92 Å². The zero-order valence-corrected chi connectivity index (χ0v) is 5.93. The van der Waals surface area contributed by atoms with Gasteiger partial charge in [-0.3, -0.25) is 0 Å². The Balaban J connectivity index is 2.49. The van der Waals surface area contributed by atoms with Crippen molar-refractivity contribution in [1.29, 1.82) is 0 Å². The fraction of sp³-hybridized carbons (Fsp3) is 0.750. The number of hydrogen-bond donors (Lipinski definition) is 1. The SMILES string of the molecule is C=C1CCCC1C(C)O. The van der Waals surface area contributed by atoms with Crippen LogP contribution in [0, 0.1) is 5.92 Å². The van der Waals surface area contributed by atoms with Gasteiger partial charge in [-0.15, -0.1) is 0 Å². The summed E-state index contributed by atoms with van der Waals surface area (Å²) in [4.78, 5) is 0. The summed E-state index contributed by atoms with van der Waals surface area (Å²) >= 11 is 0. The average Bonchev–Trinajstić information content (AvgIpc) is 2.13. The van der Waals surface area contributed by atoms with Crippen LogP contribution in [-0.2, 0) is 0 Å². The predicted molar refractivity (Wildman–Crippen MR) is 38.2 cm³/mol. The first-order valence-corrected chi connectivity index (χ1v) is 3.57. The molecule has 1 saturated carbocycles. The van der Waals surface area contributed by atoms with Gasteiger partial charge < -0.3 is 5.11 Å². The van der Waals surface area contributed by atoms with Crippen LogP contribution in [0.15, 0.2) is 12.2 Å². The lowest BCUT2D eigenvalue weighted by atomic mass is 9.99. The molecule has 0 saturated heterocycles. The molecule has 0 aliphatic heterocycles. The van der Waals surface area contributed by atoms with Crippen LogP contribution in [0.1, 0.15) is 26.2 Å². The third-order valence-electron chi connectivity index (χ3n) is 2.12. The number of aliphatic hydroxyl groups is 1. The van der Waals surface area contributed by atoms with Crippen molar-refractivity contribution >= 4 is 0 Å². The standard InChI is InChI=1S/C8H14O/c1-6-4-3-5-8(6)7(2)9/h7-9H,1,3-5H2,2H3. The minimum atomic E-state index is -0.181. The van der Waals surface area contributed by atoms with Gasteiger partial charge >= 0.3 is 0 Å². The van der Waals surface area contributed by atoms with Crippen LogP contribution in [0.4, 0.5) is 0 Å². The van der Waals surface area contributed by atoms with Crippen LogP contribution < -0.4 is 0 Å². The Morgan fingerprint density at radius 3 is 2.67 bits per heavy atom. The van der Waals surface area contributed by atoms with Gasteiger partial charge in [0.25, 0.3) is 0 Å². The molecule has 2 unspecified atom stereocenters. The predicted octanol–water partition coefficient (Wildman–Crippen LogP) is 1.72. The molecule has 0 aromatic heterocycles. The molecule has 0 bridgehead atoms. The zero-order chi connectivity index (χ0) is 6.85. The third kappa shape index (κ3) is 1.33. The van der Waals surface area contributed by atoms with Gasteiger partial charge in [0.05, 0.1) is 6.10 Å².